The van der Waals surface area contributed by atoms with Crippen molar-refractivity contribution in [2.24, 2.45) is 5.92 Å². The maximum absolute atomic E-state index is 13.2. The van der Waals surface area contributed by atoms with Crippen LogP contribution in [0.2, 0.25) is 0 Å². The Bertz CT molecular complexity index is 879. The largest absolute Gasteiger partial charge is 0.473 e. The summed E-state index contributed by atoms with van der Waals surface area (Å²) < 4.78 is 0. The van der Waals surface area contributed by atoms with Crippen molar-refractivity contribution in [3.05, 3.63) is 57.8 Å². The molecule has 1 fully saturated rings. The van der Waals surface area contributed by atoms with E-state index in [1.807, 2.05) is 17.4 Å². The average Bonchev–Trinajstić information content (AvgIpc) is 3.22. The van der Waals surface area contributed by atoms with E-state index >= 15 is 0 Å². The Balaban J connectivity index is 0.000000569. The van der Waals surface area contributed by atoms with Crippen LogP contribution in [-0.2, 0) is 27.5 Å². The number of likely N-dealkylation sites (tertiary alicyclic amines) is 1. The molecular weight excluding hydrogens is 440 g/mol. The maximum atomic E-state index is 13.2. The lowest BCUT2D eigenvalue weighted by Crippen LogP contribution is -2.42. The number of unbranched alkanes of at least 4 members (excludes halogenated alkanes) is 1. The second kappa shape index (κ2) is 13.7. The molecule has 180 valence electrons. The number of carbonyl (C=O) groups is 3. The molecule has 0 atom stereocenters. The summed E-state index contributed by atoms with van der Waals surface area (Å²) in [5.74, 6) is -3.10. The van der Waals surface area contributed by atoms with Crippen molar-refractivity contribution < 1.29 is 24.6 Å². The van der Waals surface area contributed by atoms with Gasteiger partial charge < -0.3 is 15.1 Å². The highest BCUT2D eigenvalue weighted by molar-refractivity contribution is 7.10. The van der Waals surface area contributed by atoms with Gasteiger partial charge in [-0.3, -0.25) is 9.69 Å². The van der Waals surface area contributed by atoms with Gasteiger partial charge in [-0.05, 0) is 61.8 Å². The number of carbonyl (C=O) groups excluding carboxylic acids is 1. The summed E-state index contributed by atoms with van der Waals surface area (Å²) in [5, 5.41) is 17.0. The highest BCUT2D eigenvalue weighted by atomic mass is 32.1. The lowest BCUT2D eigenvalue weighted by atomic mass is 9.94. The zero-order valence-electron chi connectivity index (χ0n) is 19.4. The third-order valence-corrected chi connectivity index (χ3v) is 6.77. The fourth-order valence-electron chi connectivity index (χ4n) is 3.79. The van der Waals surface area contributed by atoms with Crippen LogP contribution < -0.4 is 0 Å². The van der Waals surface area contributed by atoms with Crippen LogP contribution in [0.3, 0.4) is 0 Å². The Labute approximate surface area is 199 Å². The van der Waals surface area contributed by atoms with Crippen LogP contribution in [0.15, 0.2) is 41.8 Å². The van der Waals surface area contributed by atoms with Crippen molar-refractivity contribution >= 4 is 29.2 Å². The van der Waals surface area contributed by atoms with Crippen molar-refractivity contribution in [3.63, 3.8) is 0 Å². The van der Waals surface area contributed by atoms with Gasteiger partial charge in [0.25, 0.3) is 0 Å². The van der Waals surface area contributed by atoms with Crippen LogP contribution in [0.25, 0.3) is 0 Å². The number of hydrogen-bond donors (Lipinski definition) is 2. The van der Waals surface area contributed by atoms with E-state index in [-0.39, 0.29) is 5.92 Å². The van der Waals surface area contributed by atoms with Gasteiger partial charge in [0, 0.05) is 30.4 Å². The molecule has 0 spiro atoms. The van der Waals surface area contributed by atoms with Gasteiger partial charge in [-0.25, -0.2) is 9.59 Å². The molecule has 0 saturated carbocycles. The minimum absolute atomic E-state index is 0.186. The third-order valence-electron chi connectivity index (χ3n) is 5.76. The fourth-order valence-corrected chi connectivity index (χ4v) is 4.73. The molecule has 2 heterocycles. The van der Waals surface area contributed by atoms with Crippen molar-refractivity contribution in [3.8, 4) is 0 Å². The lowest BCUT2D eigenvalue weighted by molar-refractivity contribution is -0.159. The highest BCUT2D eigenvalue weighted by Gasteiger charge is 2.28. The Morgan fingerprint density at radius 3 is 2.21 bits per heavy atom. The van der Waals surface area contributed by atoms with Crippen LogP contribution in [0, 0.1) is 12.8 Å². The van der Waals surface area contributed by atoms with E-state index in [0.717, 1.165) is 58.4 Å². The smallest absolute Gasteiger partial charge is 0.414 e. The fraction of sp³-hybridized carbons (Fsp3) is 0.480. The van der Waals surface area contributed by atoms with Gasteiger partial charge in [0.05, 0.1) is 0 Å². The van der Waals surface area contributed by atoms with Gasteiger partial charge in [-0.1, -0.05) is 43.7 Å². The van der Waals surface area contributed by atoms with Gasteiger partial charge in [0.15, 0.2) is 0 Å². The molecule has 0 aliphatic carbocycles. The van der Waals surface area contributed by atoms with Crippen LogP contribution in [-0.4, -0.2) is 57.5 Å². The number of carboxylic acid groups (broad SMARTS) is 2. The van der Waals surface area contributed by atoms with E-state index in [4.69, 9.17) is 19.8 Å². The summed E-state index contributed by atoms with van der Waals surface area (Å²) in [4.78, 5) is 37.5. The topological polar surface area (TPSA) is 98.2 Å². The van der Waals surface area contributed by atoms with Crippen LogP contribution >= 0.6 is 11.3 Å². The first-order chi connectivity index (χ1) is 15.8. The monoisotopic (exact) mass is 474 g/mol. The highest BCUT2D eigenvalue weighted by Crippen LogP contribution is 2.25. The third kappa shape index (κ3) is 8.98. The first-order valence-electron chi connectivity index (χ1n) is 11.4. The normalized spacial score (nSPS) is 14.2. The first-order valence-corrected chi connectivity index (χ1v) is 12.2. The molecule has 8 heteroatoms. The predicted octanol–water partition coefficient (Wildman–Crippen LogP) is 4.25. The van der Waals surface area contributed by atoms with E-state index in [1.165, 1.54) is 16.0 Å². The molecule has 1 aliphatic heterocycles. The Kier molecular flexibility index (Phi) is 11.1. The molecule has 0 radical (unpaired) electrons. The van der Waals surface area contributed by atoms with E-state index < -0.39 is 11.9 Å². The average molecular weight is 475 g/mol. The van der Waals surface area contributed by atoms with Crippen molar-refractivity contribution in [2.45, 2.75) is 52.6 Å². The zero-order chi connectivity index (χ0) is 24.2. The Hall–Kier alpha value is -2.71. The molecule has 1 saturated heterocycles. The zero-order valence-corrected chi connectivity index (χ0v) is 20.2. The summed E-state index contributed by atoms with van der Waals surface area (Å²) in [5.41, 5.74) is 2.62. The molecule has 1 aliphatic rings. The number of hydrogen-bond acceptors (Lipinski definition) is 5. The second-order valence-electron chi connectivity index (χ2n) is 8.29. The maximum Gasteiger partial charge on any atom is 0.414 e. The number of thiophene rings is 1. The van der Waals surface area contributed by atoms with Crippen molar-refractivity contribution in [1.82, 2.24) is 9.80 Å². The summed E-state index contributed by atoms with van der Waals surface area (Å²) in [6, 6.07) is 12.6. The molecule has 7 nitrogen and oxygen atoms in total. The van der Waals surface area contributed by atoms with Crippen molar-refractivity contribution in [2.75, 3.05) is 19.6 Å². The number of rotatable bonds is 8. The lowest BCUT2D eigenvalue weighted by Gasteiger charge is -2.34. The molecule has 1 aromatic heterocycles. The molecule has 3 rings (SSSR count). The van der Waals surface area contributed by atoms with Gasteiger partial charge in [0.2, 0.25) is 5.91 Å². The minimum Gasteiger partial charge on any atom is -0.473 e. The van der Waals surface area contributed by atoms with Gasteiger partial charge in [0.1, 0.15) is 0 Å². The molecule has 2 N–H and O–H groups in total. The van der Waals surface area contributed by atoms with E-state index in [1.54, 1.807) is 0 Å². The molecule has 0 unspecified atom stereocenters. The van der Waals surface area contributed by atoms with Gasteiger partial charge in [-0.2, -0.15) is 0 Å². The summed E-state index contributed by atoms with van der Waals surface area (Å²) >= 11 is 1.85. The van der Waals surface area contributed by atoms with Crippen LogP contribution in [0.5, 0.6) is 0 Å². The second-order valence-corrected chi connectivity index (χ2v) is 9.29. The summed E-state index contributed by atoms with van der Waals surface area (Å²) in [6.07, 6.45) is 4.17. The standard InChI is InChI=1S/C23H32N2OS.C2H2O4/c1-3-4-13-25(17-20-8-6-5-7-9-20)23(26)21-10-14-24(15-11-21)18-22-19(2)12-16-27-22;3-1(4)2(5)6/h5-9,12,16,21H,3-4,10-11,13-15,17-18H2,1-2H3;(H,3,4)(H,5,6). The van der Waals surface area contributed by atoms with Crippen LogP contribution in [0.1, 0.15) is 48.6 Å². The molecule has 1 amide bonds. The number of nitrogens with zero attached hydrogens (tertiary/aromatic N) is 2. The van der Waals surface area contributed by atoms with Gasteiger partial charge in [-0.15, -0.1) is 11.3 Å². The molecule has 33 heavy (non-hydrogen) atoms. The number of amides is 1. The number of carboxylic acids is 2. The quantitative estimate of drug-likeness (QED) is 0.555. The predicted molar refractivity (Wildman–Crippen MR) is 129 cm³/mol. The Morgan fingerprint density at radius 1 is 1.06 bits per heavy atom. The molecule has 0 bridgehead atoms. The summed E-state index contributed by atoms with van der Waals surface area (Å²) in [7, 11) is 0. The van der Waals surface area contributed by atoms with Crippen molar-refractivity contribution in [1.29, 1.82) is 0 Å². The number of aryl methyl sites for hydroxylation is 1. The van der Waals surface area contributed by atoms with E-state index in [9.17, 15) is 4.79 Å². The number of aliphatic carboxylic acids is 2. The molecule has 2 aromatic rings. The Morgan fingerprint density at radius 2 is 1.70 bits per heavy atom. The molecule has 1 aromatic carbocycles. The van der Waals surface area contributed by atoms with E-state index in [0.29, 0.717) is 5.91 Å². The van der Waals surface area contributed by atoms with Gasteiger partial charge >= 0.3 is 11.9 Å². The van der Waals surface area contributed by atoms with E-state index in [2.05, 4.69) is 59.4 Å². The minimum atomic E-state index is -1.82. The number of benzene rings is 1. The number of piperidine rings is 1. The molecular formula is C25H34N2O5S. The van der Waals surface area contributed by atoms with Crippen LogP contribution in [0.4, 0.5) is 0 Å². The SMILES string of the molecule is CCCCN(Cc1ccccc1)C(=O)C1CCN(Cc2sccc2C)CC1.O=C(O)C(=O)O. The summed E-state index contributed by atoms with van der Waals surface area (Å²) in [6.45, 7) is 9.09. The first kappa shape index (κ1) is 26.5.